The first kappa shape index (κ1) is 12.5. The van der Waals surface area contributed by atoms with Crippen molar-refractivity contribution in [2.24, 2.45) is 0 Å². The maximum absolute atomic E-state index is 12.2. The van der Waals surface area contributed by atoms with E-state index in [1.54, 1.807) is 0 Å². The molecule has 0 unspecified atom stereocenters. The Labute approximate surface area is 101 Å². The smallest absolute Gasteiger partial charge is 0.246 e. The van der Waals surface area contributed by atoms with E-state index in [1.165, 1.54) is 16.7 Å². The van der Waals surface area contributed by atoms with Crippen LogP contribution in [0.4, 0.5) is 0 Å². The summed E-state index contributed by atoms with van der Waals surface area (Å²) in [6, 6.07) is 0.441. The predicted molar refractivity (Wildman–Crippen MR) is 64.0 cm³/mol. The molecule has 1 aliphatic heterocycles. The van der Waals surface area contributed by atoms with Gasteiger partial charge in [-0.15, -0.1) is 0 Å². The molecule has 0 saturated carbocycles. The molecular formula is C10H18N4O2S. The summed E-state index contributed by atoms with van der Waals surface area (Å²) in [7, 11) is -3.35. The zero-order chi connectivity index (χ0) is 12.3. The first-order valence-electron chi connectivity index (χ1n) is 5.87. The third kappa shape index (κ3) is 2.67. The Hall–Kier alpha value is -0.920. The zero-order valence-corrected chi connectivity index (χ0v) is 10.7. The second kappa shape index (κ2) is 5.16. The SMILES string of the molecule is CCNC1CCN(S(=O)(=O)c2cn[nH]c2)CC1. The van der Waals surface area contributed by atoms with Crippen LogP contribution in [0, 0.1) is 0 Å². The van der Waals surface area contributed by atoms with Crippen LogP contribution in [-0.4, -0.2) is 48.6 Å². The van der Waals surface area contributed by atoms with Gasteiger partial charge in [0.2, 0.25) is 10.0 Å². The number of nitrogens with zero attached hydrogens (tertiary/aromatic N) is 2. The van der Waals surface area contributed by atoms with Crippen molar-refractivity contribution in [3.05, 3.63) is 12.4 Å². The number of rotatable bonds is 4. The molecule has 2 N–H and O–H groups in total. The van der Waals surface area contributed by atoms with Crippen molar-refractivity contribution in [1.29, 1.82) is 0 Å². The van der Waals surface area contributed by atoms with E-state index in [-0.39, 0.29) is 4.90 Å². The van der Waals surface area contributed by atoms with Crippen LogP contribution in [0.25, 0.3) is 0 Å². The Balaban J connectivity index is 2.01. The fraction of sp³-hybridized carbons (Fsp3) is 0.700. The lowest BCUT2D eigenvalue weighted by molar-refractivity contribution is 0.292. The number of aromatic amines is 1. The molecule has 96 valence electrons. The fourth-order valence-corrected chi connectivity index (χ4v) is 3.50. The Bertz CT molecular complexity index is 435. The minimum atomic E-state index is -3.35. The molecule has 0 amide bonds. The van der Waals surface area contributed by atoms with E-state index in [1.807, 2.05) is 0 Å². The average molecular weight is 258 g/mol. The van der Waals surface area contributed by atoms with E-state index in [9.17, 15) is 8.42 Å². The molecule has 1 aromatic rings. The van der Waals surface area contributed by atoms with E-state index in [4.69, 9.17) is 0 Å². The second-order valence-corrected chi connectivity index (χ2v) is 6.11. The summed E-state index contributed by atoms with van der Waals surface area (Å²) >= 11 is 0. The monoisotopic (exact) mass is 258 g/mol. The molecule has 17 heavy (non-hydrogen) atoms. The van der Waals surface area contributed by atoms with E-state index < -0.39 is 10.0 Å². The number of piperidine rings is 1. The molecule has 1 saturated heterocycles. The van der Waals surface area contributed by atoms with Gasteiger partial charge in [-0.05, 0) is 19.4 Å². The highest BCUT2D eigenvalue weighted by atomic mass is 32.2. The largest absolute Gasteiger partial charge is 0.314 e. The van der Waals surface area contributed by atoms with Gasteiger partial charge in [0.1, 0.15) is 4.90 Å². The number of hydrogen-bond acceptors (Lipinski definition) is 4. The summed E-state index contributed by atoms with van der Waals surface area (Å²) in [6.45, 7) is 4.14. The summed E-state index contributed by atoms with van der Waals surface area (Å²) in [5, 5.41) is 9.57. The van der Waals surface area contributed by atoms with Crippen molar-refractivity contribution in [2.45, 2.75) is 30.7 Å². The molecule has 2 rings (SSSR count). The van der Waals surface area contributed by atoms with Gasteiger partial charge < -0.3 is 5.32 Å². The van der Waals surface area contributed by atoms with Crippen molar-refractivity contribution >= 4 is 10.0 Å². The number of sulfonamides is 1. The highest BCUT2D eigenvalue weighted by Gasteiger charge is 2.29. The zero-order valence-electron chi connectivity index (χ0n) is 9.89. The lowest BCUT2D eigenvalue weighted by Gasteiger charge is -2.31. The van der Waals surface area contributed by atoms with Crippen molar-refractivity contribution in [2.75, 3.05) is 19.6 Å². The molecular weight excluding hydrogens is 240 g/mol. The second-order valence-electron chi connectivity index (χ2n) is 4.17. The molecule has 1 aromatic heterocycles. The lowest BCUT2D eigenvalue weighted by Crippen LogP contribution is -2.44. The van der Waals surface area contributed by atoms with E-state index >= 15 is 0 Å². The van der Waals surface area contributed by atoms with Gasteiger partial charge in [0.15, 0.2) is 0 Å². The van der Waals surface area contributed by atoms with Crippen LogP contribution >= 0.6 is 0 Å². The first-order valence-corrected chi connectivity index (χ1v) is 7.31. The molecule has 0 aromatic carbocycles. The molecule has 0 aliphatic carbocycles. The van der Waals surface area contributed by atoms with Gasteiger partial charge in [0.05, 0.1) is 6.20 Å². The third-order valence-electron chi connectivity index (χ3n) is 3.06. The van der Waals surface area contributed by atoms with Crippen molar-refractivity contribution in [1.82, 2.24) is 19.8 Å². The summed E-state index contributed by atoms with van der Waals surface area (Å²) in [4.78, 5) is 0.249. The number of aromatic nitrogens is 2. The van der Waals surface area contributed by atoms with Gasteiger partial charge in [-0.2, -0.15) is 9.40 Å². The topological polar surface area (TPSA) is 78.1 Å². The molecule has 1 aliphatic rings. The van der Waals surface area contributed by atoms with E-state index in [0.29, 0.717) is 19.1 Å². The molecule has 0 bridgehead atoms. The van der Waals surface area contributed by atoms with Gasteiger partial charge in [-0.1, -0.05) is 6.92 Å². The summed E-state index contributed by atoms with van der Waals surface area (Å²) in [5.74, 6) is 0. The number of nitrogens with one attached hydrogen (secondary N) is 2. The van der Waals surface area contributed by atoms with Crippen LogP contribution in [0.5, 0.6) is 0 Å². The van der Waals surface area contributed by atoms with E-state index in [2.05, 4.69) is 22.4 Å². The Morgan fingerprint density at radius 1 is 1.53 bits per heavy atom. The summed E-state index contributed by atoms with van der Waals surface area (Å²) in [5.41, 5.74) is 0. The van der Waals surface area contributed by atoms with Gasteiger partial charge in [-0.3, -0.25) is 5.10 Å². The fourth-order valence-electron chi connectivity index (χ4n) is 2.12. The van der Waals surface area contributed by atoms with Crippen LogP contribution in [0.2, 0.25) is 0 Å². The Morgan fingerprint density at radius 3 is 2.76 bits per heavy atom. The first-order chi connectivity index (χ1) is 8.14. The summed E-state index contributed by atoms with van der Waals surface area (Å²) < 4.78 is 25.9. The maximum atomic E-state index is 12.2. The molecule has 7 heteroatoms. The van der Waals surface area contributed by atoms with Crippen LogP contribution in [0.3, 0.4) is 0 Å². The maximum Gasteiger partial charge on any atom is 0.246 e. The van der Waals surface area contributed by atoms with Crippen LogP contribution in [0.15, 0.2) is 17.3 Å². The average Bonchev–Trinajstić information content (AvgIpc) is 2.84. The molecule has 6 nitrogen and oxygen atoms in total. The molecule has 0 radical (unpaired) electrons. The van der Waals surface area contributed by atoms with Gasteiger partial charge in [0, 0.05) is 25.3 Å². The normalized spacial score (nSPS) is 19.6. The standard InChI is InChI=1S/C10H18N4O2S/c1-2-11-9-3-5-14(6-4-9)17(15,16)10-7-12-13-8-10/h7-9,11H,2-6H2,1H3,(H,12,13). The highest BCUT2D eigenvalue weighted by Crippen LogP contribution is 2.19. The Kier molecular flexibility index (Phi) is 3.80. The molecule has 0 spiro atoms. The van der Waals surface area contributed by atoms with E-state index in [0.717, 1.165) is 19.4 Å². The number of hydrogen-bond donors (Lipinski definition) is 2. The third-order valence-corrected chi connectivity index (χ3v) is 4.92. The minimum absolute atomic E-state index is 0.249. The number of H-pyrrole nitrogens is 1. The lowest BCUT2D eigenvalue weighted by atomic mass is 10.1. The van der Waals surface area contributed by atoms with Crippen LogP contribution in [0.1, 0.15) is 19.8 Å². The van der Waals surface area contributed by atoms with Gasteiger partial charge >= 0.3 is 0 Å². The van der Waals surface area contributed by atoms with Crippen LogP contribution < -0.4 is 5.32 Å². The Morgan fingerprint density at radius 2 is 2.24 bits per heavy atom. The molecule has 0 atom stereocenters. The minimum Gasteiger partial charge on any atom is -0.314 e. The predicted octanol–water partition coefficient (Wildman–Crippen LogP) is 0.172. The van der Waals surface area contributed by atoms with Gasteiger partial charge in [-0.25, -0.2) is 8.42 Å². The molecule has 1 fully saturated rings. The van der Waals surface area contributed by atoms with Crippen LogP contribution in [-0.2, 0) is 10.0 Å². The highest BCUT2D eigenvalue weighted by molar-refractivity contribution is 7.89. The summed E-state index contributed by atoms with van der Waals surface area (Å²) in [6.07, 6.45) is 4.51. The quantitative estimate of drug-likeness (QED) is 0.807. The van der Waals surface area contributed by atoms with Crippen molar-refractivity contribution in [3.63, 3.8) is 0 Å². The van der Waals surface area contributed by atoms with Gasteiger partial charge in [0.25, 0.3) is 0 Å². The molecule has 2 heterocycles. The van der Waals surface area contributed by atoms with Crippen molar-refractivity contribution < 1.29 is 8.42 Å². The van der Waals surface area contributed by atoms with Crippen molar-refractivity contribution in [3.8, 4) is 0 Å².